The van der Waals surface area contributed by atoms with Crippen molar-refractivity contribution >= 4 is 0 Å². The fourth-order valence-corrected chi connectivity index (χ4v) is 0.826. The van der Waals surface area contributed by atoms with Crippen LogP contribution in [0.1, 0.15) is 26.7 Å². The van der Waals surface area contributed by atoms with E-state index in [1.54, 1.807) is 7.11 Å². The minimum absolute atomic E-state index is 0.0923. The summed E-state index contributed by atoms with van der Waals surface area (Å²) in [6.07, 6.45) is 1.06. The van der Waals surface area contributed by atoms with Crippen molar-refractivity contribution in [2.75, 3.05) is 20.3 Å². The number of ether oxygens (including phenoxy) is 2. The van der Waals surface area contributed by atoms with Crippen molar-refractivity contribution < 1.29 is 19.7 Å². The van der Waals surface area contributed by atoms with Gasteiger partial charge in [-0.1, -0.05) is 0 Å². The van der Waals surface area contributed by atoms with E-state index in [9.17, 15) is 0 Å². The summed E-state index contributed by atoms with van der Waals surface area (Å²) in [6, 6.07) is 0. The smallest absolute Gasteiger partial charge is 0.159 e. The van der Waals surface area contributed by atoms with Gasteiger partial charge in [-0.3, -0.25) is 0 Å². The second kappa shape index (κ2) is 6.32. The molecule has 80 valence electrons. The molecule has 0 aromatic heterocycles. The molecule has 13 heavy (non-hydrogen) atoms. The number of aliphatic hydroxyl groups is 2. The summed E-state index contributed by atoms with van der Waals surface area (Å²) >= 11 is 0. The predicted octanol–water partition coefficient (Wildman–Crippen LogP) is 0.519. The highest BCUT2D eigenvalue weighted by Gasteiger charge is 2.13. The number of hydrogen-bond donors (Lipinski definition) is 2. The second-order valence-corrected chi connectivity index (χ2v) is 3.44. The van der Waals surface area contributed by atoms with E-state index in [-0.39, 0.29) is 6.10 Å². The Morgan fingerprint density at radius 2 is 2.00 bits per heavy atom. The summed E-state index contributed by atoms with van der Waals surface area (Å²) in [7, 11) is 1.63. The first kappa shape index (κ1) is 12.8. The molecular formula is C9H20O4. The third kappa shape index (κ3) is 9.76. The van der Waals surface area contributed by atoms with E-state index in [4.69, 9.17) is 19.7 Å². The van der Waals surface area contributed by atoms with E-state index < -0.39 is 5.79 Å². The zero-order chi connectivity index (χ0) is 10.3. The minimum atomic E-state index is -1.57. The van der Waals surface area contributed by atoms with Gasteiger partial charge in [0.1, 0.15) is 0 Å². The number of hydrogen-bond acceptors (Lipinski definition) is 4. The van der Waals surface area contributed by atoms with Crippen LogP contribution in [0, 0.1) is 0 Å². The Morgan fingerprint density at radius 3 is 2.46 bits per heavy atom. The van der Waals surface area contributed by atoms with E-state index in [0.29, 0.717) is 26.1 Å². The van der Waals surface area contributed by atoms with Crippen LogP contribution in [0.4, 0.5) is 0 Å². The van der Waals surface area contributed by atoms with Gasteiger partial charge in [0.2, 0.25) is 0 Å². The molecule has 4 nitrogen and oxygen atoms in total. The lowest BCUT2D eigenvalue weighted by Crippen LogP contribution is -2.23. The second-order valence-electron chi connectivity index (χ2n) is 3.44. The highest BCUT2D eigenvalue weighted by Crippen LogP contribution is 2.06. The third-order valence-corrected chi connectivity index (χ3v) is 1.69. The summed E-state index contributed by atoms with van der Waals surface area (Å²) < 4.78 is 10.2. The standard InChI is InChI=1S/C9H20O4/c1-8(12-3)7-13-6-4-5-9(2,10)11/h8,10-11H,4-7H2,1-3H3. The van der Waals surface area contributed by atoms with E-state index in [1.165, 1.54) is 6.92 Å². The number of methoxy groups -OCH3 is 1. The highest BCUT2D eigenvalue weighted by molar-refractivity contribution is 4.55. The summed E-state index contributed by atoms with van der Waals surface area (Å²) in [5, 5.41) is 17.9. The average Bonchev–Trinajstić information content (AvgIpc) is 2.01. The minimum Gasteiger partial charge on any atom is -0.379 e. The monoisotopic (exact) mass is 192 g/mol. The molecule has 0 saturated heterocycles. The van der Waals surface area contributed by atoms with Gasteiger partial charge < -0.3 is 19.7 Å². The molecule has 0 aromatic carbocycles. The van der Waals surface area contributed by atoms with Gasteiger partial charge in [-0.15, -0.1) is 0 Å². The molecule has 0 aromatic rings. The molecule has 1 unspecified atom stereocenters. The lowest BCUT2D eigenvalue weighted by Gasteiger charge is -2.15. The molecule has 0 rings (SSSR count). The molecule has 0 spiro atoms. The van der Waals surface area contributed by atoms with Gasteiger partial charge in [-0.25, -0.2) is 0 Å². The van der Waals surface area contributed by atoms with Crippen LogP contribution in [0.2, 0.25) is 0 Å². The van der Waals surface area contributed by atoms with Crippen LogP contribution in [0.25, 0.3) is 0 Å². The molecule has 0 bridgehead atoms. The van der Waals surface area contributed by atoms with Gasteiger partial charge in [0, 0.05) is 20.1 Å². The van der Waals surface area contributed by atoms with Gasteiger partial charge >= 0.3 is 0 Å². The van der Waals surface area contributed by atoms with E-state index in [0.717, 1.165) is 0 Å². The Balaban J connectivity index is 3.18. The van der Waals surface area contributed by atoms with E-state index >= 15 is 0 Å². The third-order valence-electron chi connectivity index (χ3n) is 1.69. The molecule has 0 aliphatic carbocycles. The van der Waals surface area contributed by atoms with Crippen molar-refractivity contribution in [2.24, 2.45) is 0 Å². The Kier molecular flexibility index (Phi) is 6.24. The maximum Gasteiger partial charge on any atom is 0.159 e. The lowest BCUT2D eigenvalue weighted by atomic mass is 10.2. The Hall–Kier alpha value is -0.160. The van der Waals surface area contributed by atoms with Crippen molar-refractivity contribution in [1.29, 1.82) is 0 Å². The summed E-state index contributed by atoms with van der Waals surface area (Å²) in [5.41, 5.74) is 0. The van der Waals surface area contributed by atoms with Crippen LogP contribution in [0.3, 0.4) is 0 Å². The molecule has 4 heteroatoms. The van der Waals surface area contributed by atoms with Gasteiger partial charge in [0.05, 0.1) is 12.7 Å². The van der Waals surface area contributed by atoms with Crippen molar-refractivity contribution in [3.63, 3.8) is 0 Å². The molecule has 0 fully saturated rings. The van der Waals surface area contributed by atoms with E-state index in [1.807, 2.05) is 6.92 Å². The van der Waals surface area contributed by atoms with Crippen molar-refractivity contribution in [3.05, 3.63) is 0 Å². The van der Waals surface area contributed by atoms with Crippen LogP contribution in [-0.2, 0) is 9.47 Å². The van der Waals surface area contributed by atoms with Gasteiger partial charge in [-0.05, 0) is 20.3 Å². The van der Waals surface area contributed by atoms with Crippen molar-refractivity contribution in [3.8, 4) is 0 Å². The normalized spacial score (nSPS) is 14.5. The number of rotatable bonds is 7. The maximum absolute atomic E-state index is 8.95. The molecule has 0 aliphatic heterocycles. The summed E-state index contributed by atoms with van der Waals surface area (Å²) in [6.45, 7) is 4.36. The predicted molar refractivity (Wildman–Crippen MR) is 49.4 cm³/mol. The Labute approximate surface area is 79.5 Å². The molecule has 0 radical (unpaired) electrons. The largest absolute Gasteiger partial charge is 0.379 e. The zero-order valence-electron chi connectivity index (χ0n) is 8.62. The quantitative estimate of drug-likeness (QED) is 0.456. The molecular weight excluding hydrogens is 172 g/mol. The van der Waals surface area contributed by atoms with Crippen molar-refractivity contribution in [2.45, 2.75) is 38.6 Å². The summed E-state index contributed by atoms with van der Waals surface area (Å²) in [4.78, 5) is 0. The molecule has 0 aliphatic rings. The molecule has 0 saturated carbocycles. The molecule has 2 N–H and O–H groups in total. The Bertz CT molecular complexity index is 119. The van der Waals surface area contributed by atoms with E-state index in [2.05, 4.69) is 0 Å². The molecule has 1 atom stereocenters. The summed E-state index contributed by atoms with van der Waals surface area (Å²) in [5.74, 6) is -1.57. The fraction of sp³-hybridized carbons (Fsp3) is 1.00. The highest BCUT2D eigenvalue weighted by atomic mass is 16.5. The molecule has 0 amide bonds. The van der Waals surface area contributed by atoms with Gasteiger partial charge in [0.25, 0.3) is 0 Å². The van der Waals surface area contributed by atoms with Crippen LogP contribution in [0.5, 0.6) is 0 Å². The first-order valence-electron chi connectivity index (χ1n) is 4.51. The first-order chi connectivity index (χ1) is 5.95. The topological polar surface area (TPSA) is 58.9 Å². The van der Waals surface area contributed by atoms with Crippen LogP contribution in [0.15, 0.2) is 0 Å². The molecule has 0 heterocycles. The SMILES string of the molecule is COC(C)COCCCC(C)(O)O. The average molecular weight is 192 g/mol. The Morgan fingerprint density at radius 1 is 1.38 bits per heavy atom. The van der Waals surface area contributed by atoms with Crippen LogP contribution in [-0.4, -0.2) is 42.4 Å². The maximum atomic E-state index is 8.95. The fourth-order valence-electron chi connectivity index (χ4n) is 0.826. The van der Waals surface area contributed by atoms with Gasteiger partial charge in [-0.2, -0.15) is 0 Å². The zero-order valence-corrected chi connectivity index (χ0v) is 8.62. The van der Waals surface area contributed by atoms with Crippen molar-refractivity contribution in [1.82, 2.24) is 0 Å². The van der Waals surface area contributed by atoms with Crippen LogP contribution < -0.4 is 0 Å². The van der Waals surface area contributed by atoms with Gasteiger partial charge in [0.15, 0.2) is 5.79 Å². The lowest BCUT2D eigenvalue weighted by molar-refractivity contribution is -0.152. The van der Waals surface area contributed by atoms with Crippen LogP contribution >= 0.6 is 0 Å². The first-order valence-corrected chi connectivity index (χ1v) is 4.51.